The second-order valence-electron chi connectivity index (χ2n) is 4.42. The van der Waals surface area contributed by atoms with E-state index in [0.717, 1.165) is 17.2 Å². The maximum atomic E-state index is 10.4. The van der Waals surface area contributed by atoms with Crippen LogP contribution in [-0.2, 0) is 4.79 Å². The monoisotopic (exact) mass is 233 g/mol. The third-order valence-electron chi connectivity index (χ3n) is 2.79. The average Bonchev–Trinajstić information content (AvgIpc) is 2.25. The number of carboxylic acids is 1. The molecule has 0 bridgehead atoms. The first-order valence-corrected chi connectivity index (χ1v) is 5.66. The molecule has 1 rings (SSSR count). The Morgan fingerprint density at radius 2 is 2.06 bits per heavy atom. The molecule has 17 heavy (non-hydrogen) atoms. The van der Waals surface area contributed by atoms with Gasteiger partial charge in [0.2, 0.25) is 0 Å². The lowest BCUT2D eigenvalue weighted by atomic mass is 10.1. The van der Waals surface area contributed by atoms with Crippen molar-refractivity contribution >= 4 is 17.7 Å². The molecule has 0 unspecified atom stereocenters. The second-order valence-corrected chi connectivity index (χ2v) is 4.42. The summed E-state index contributed by atoms with van der Waals surface area (Å²) in [6.45, 7) is 6.31. The standard InChI is InChI=1S/C14H19NO2/c1-10(2)15(4)13-7-5-12(9-11(13)3)6-8-14(16)17/h5-10H,1-4H3,(H,16,17). The molecule has 0 amide bonds. The smallest absolute Gasteiger partial charge is 0.328 e. The molecular formula is C14H19NO2. The molecule has 0 spiro atoms. The van der Waals surface area contributed by atoms with Crippen LogP contribution in [0.15, 0.2) is 24.3 Å². The summed E-state index contributed by atoms with van der Waals surface area (Å²) < 4.78 is 0. The van der Waals surface area contributed by atoms with Crippen molar-refractivity contribution in [3.8, 4) is 0 Å². The van der Waals surface area contributed by atoms with E-state index in [1.54, 1.807) is 6.08 Å². The molecule has 1 aromatic rings. The minimum atomic E-state index is -0.925. The van der Waals surface area contributed by atoms with Gasteiger partial charge in [-0.05, 0) is 50.1 Å². The lowest BCUT2D eigenvalue weighted by Crippen LogP contribution is -2.26. The number of rotatable bonds is 4. The van der Waals surface area contributed by atoms with Gasteiger partial charge in [0.05, 0.1) is 0 Å². The molecule has 0 aromatic heterocycles. The van der Waals surface area contributed by atoms with E-state index in [1.807, 2.05) is 25.1 Å². The van der Waals surface area contributed by atoms with Crippen molar-refractivity contribution < 1.29 is 9.90 Å². The highest BCUT2D eigenvalue weighted by Gasteiger charge is 2.07. The zero-order valence-electron chi connectivity index (χ0n) is 10.8. The van der Waals surface area contributed by atoms with Crippen molar-refractivity contribution in [1.82, 2.24) is 0 Å². The van der Waals surface area contributed by atoms with Gasteiger partial charge < -0.3 is 10.0 Å². The van der Waals surface area contributed by atoms with Crippen molar-refractivity contribution in [3.05, 3.63) is 35.4 Å². The molecule has 0 saturated heterocycles. The van der Waals surface area contributed by atoms with Crippen molar-refractivity contribution in [1.29, 1.82) is 0 Å². The minimum Gasteiger partial charge on any atom is -0.478 e. The van der Waals surface area contributed by atoms with E-state index in [1.165, 1.54) is 5.69 Å². The van der Waals surface area contributed by atoms with Crippen LogP contribution in [0.4, 0.5) is 5.69 Å². The number of carboxylic acid groups (broad SMARTS) is 1. The van der Waals surface area contributed by atoms with Crippen LogP contribution in [0.1, 0.15) is 25.0 Å². The topological polar surface area (TPSA) is 40.5 Å². The summed E-state index contributed by atoms with van der Waals surface area (Å²) in [5, 5.41) is 8.56. The van der Waals surface area contributed by atoms with Gasteiger partial charge in [-0.15, -0.1) is 0 Å². The van der Waals surface area contributed by atoms with Crippen molar-refractivity contribution in [2.24, 2.45) is 0 Å². The van der Waals surface area contributed by atoms with Crippen molar-refractivity contribution in [3.63, 3.8) is 0 Å². The van der Waals surface area contributed by atoms with Gasteiger partial charge in [-0.1, -0.05) is 6.07 Å². The highest BCUT2D eigenvalue weighted by molar-refractivity contribution is 5.85. The number of hydrogen-bond acceptors (Lipinski definition) is 2. The quantitative estimate of drug-likeness (QED) is 0.813. The predicted molar refractivity (Wildman–Crippen MR) is 71.4 cm³/mol. The van der Waals surface area contributed by atoms with E-state index in [4.69, 9.17) is 5.11 Å². The van der Waals surface area contributed by atoms with Gasteiger partial charge in [-0.3, -0.25) is 0 Å². The van der Waals surface area contributed by atoms with Gasteiger partial charge in [0.25, 0.3) is 0 Å². The Labute approximate surface area is 102 Å². The lowest BCUT2D eigenvalue weighted by molar-refractivity contribution is -0.131. The molecule has 3 nitrogen and oxygen atoms in total. The molecule has 3 heteroatoms. The van der Waals surface area contributed by atoms with Crippen LogP contribution in [0.3, 0.4) is 0 Å². The number of benzene rings is 1. The van der Waals surface area contributed by atoms with Crippen LogP contribution in [0.25, 0.3) is 6.08 Å². The zero-order chi connectivity index (χ0) is 13.0. The maximum Gasteiger partial charge on any atom is 0.328 e. The maximum absolute atomic E-state index is 10.4. The molecule has 0 aliphatic rings. The Morgan fingerprint density at radius 3 is 2.53 bits per heavy atom. The fourth-order valence-corrected chi connectivity index (χ4v) is 1.62. The van der Waals surface area contributed by atoms with E-state index in [0.29, 0.717) is 6.04 Å². The van der Waals surface area contributed by atoms with Gasteiger partial charge in [-0.2, -0.15) is 0 Å². The number of anilines is 1. The molecule has 1 aromatic carbocycles. The van der Waals surface area contributed by atoms with Crippen LogP contribution in [0.2, 0.25) is 0 Å². The first-order chi connectivity index (χ1) is 7.91. The summed E-state index contributed by atoms with van der Waals surface area (Å²) in [5.74, 6) is -0.925. The van der Waals surface area contributed by atoms with Crippen molar-refractivity contribution in [2.45, 2.75) is 26.8 Å². The third kappa shape index (κ3) is 3.63. The first kappa shape index (κ1) is 13.3. The summed E-state index contributed by atoms with van der Waals surface area (Å²) in [6.07, 6.45) is 2.76. The Bertz CT molecular complexity index is 436. The Kier molecular flexibility index (Phi) is 4.32. The van der Waals surface area contributed by atoms with Gasteiger partial charge in [-0.25, -0.2) is 4.79 Å². The van der Waals surface area contributed by atoms with E-state index < -0.39 is 5.97 Å². The SMILES string of the molecule is Cc1cc(C=CC(=O)O)ccc1N(C)C(C)C. The van der Waals surface area contributed by atoms with Crippen LogP contribution in [0.5, 0.6) is 0 Å². The molecular weight excluding hydrogens is 214 g/mol. The normalized spacial score (nSPS) is 11.1. The third-order valence-corrected chi connectivity index (χ3v) is 2.79. The fourth-order valence-electron chi connectivity index (χ4n) is 1.62. The molecule has 1 N–H and O–H groups in total. The largest absolute Gasteiger partial charge is 0.478 e. The second kappa shape index (κ2) is 5.53. The number of aryl methyl sites for hydroxylation is 1. The highest BCUT2D eigenvalue weighted by atomic mass is 16.4. The summed E-state index contributed by atoms with van der Waals surface area (Å²) in [6, 6.07) is 6.39. The van der Waals surface area contributed by atoms with E-state index >= 15 is 0 Å². The molecule has 0 aliphatic heterocycles. The number of carbonyl (C=O) groups is 1. The van der Waals surface area contributed by atoms with Crippen LogP contribution >= 0.6 is 0 Å². The fraction of sp³-hybridized carbons (Fsp3) is 0.357. The zero-order valence-corrected chi connectivity index (χ0v) is 10.8. The van der Waals surface area contributed by atoms with Gasteiger partial charge in [0.15, 0.2) is 0 Å². The van der Waals surface area contributed by atoms with E-state index in [-0.39, 0.29) is 0 Å². The average molecular weight is 233 g/mol. The van der Waals surface area contributed by atoms with E-state index in [9.17, 15) is 4.79 Å². The van der Waals surface area contributed by atoms with E-state index in [2.05, 4.69) is 25.8 Å². The van der Waals surface area contributed by atoms with Crippen LogP contribution in [0, 0.1) is 6.92 Å². The van der Waals surface area contributed by atoms with Gasteiger partial charge in [0, 0.05) is 24.9 Å². The predicted octanol–water partition coefficient (Wildman–Crippen LogP) is 2.94. The first-order valence-electron chi connectivity index (χ1n) is 5.66. The Morgan fingerprint density at radius 1 is 1.41 bits per heavy atom. The molecule has 0 aliphatic carbocycles. The van der Waals surface area contributed by atoms with Gasteiger partial charge >= 0.3 is 5.97 Å². The summed E-state index contributed by atoms with van der Waals surface area (Å²) >= 11 is 0. The molecule has 92 valence electrons. The lowest BCUT2D eigenvalue weighted by Gasteiger charge is -2.25. The molecule has 0 heterocycles. The molecule has 0 radical (unpaired) electrons. The summed E-state index contributed by atoms with van der Waals surface area (Å²) in [7, 11) is 2.06. The summed E-state index contributed by atoms with van der Waals surface area (Å²) in [5.41, 5.74) is 3.23. The minimum absolute atomic E-state index is 0.439. The number of hydrogen-bond donors (Lipinski definition) is 1. The number of aliphatic carboxylic acids is 1. The van der Waals surface area contributed by atoms with Crippen LogP contribution < -0.4 is 4.90 Å². The Balaban J connectivity index is 2.98. The highest BCUT2D eigenvalue weighted by Crippen LogP contribution is 2.22. The Hall–Kier alpha value is -1.77. The van der Waals surface area contributed by atoms with Crippen LogP contribution in [-0.4, -0.2) is 24.2 Å². The summed E-state index contributed by atoms with van der Waals surface area (Å²) in [4.78, 5) is 12.6. The molecule has 0 fully saturated rings. The molecule has 0 atom stereocenters. The number of nitrogens with zero attached hydrogens (tertiary/aromatic N) is 1. The van der Waals surface area contributed by atoms with Crippen molar-refractivity contribution in [2.75, 3.05) is 11.9 Å². The molecule has 0 saturated carbocycles. The van der Waals surface area contributed by atoms with Gasteiger partial charge in [0.1, 0.15) is 0 Å².